The van der Waals surface area contributed by atoms with Crippen molar-refractivity contribution in [1.82, 2.24) is 15.5 Å². The van der Waals surface area contributed by atoms with Gasteiger partial charge in [-0.25, -0.2) is 4.79 Å². The molecule has 1 fully saturated rings. The van der Waals surface area contributed by atoms with E-state index in [1.165, 1.54) is 5.56 Å². The predicted molar refractivity (Wildman–Crippen MR) is 97.5 cm³/mol. The second kappa shape index (κ2) is 6.09. The molecular weight excluding hydrogens is 302 g/mol. The zero-order chi connectivity index (χ0) is 17.4. The van der Waals surface area contributed by atoms with Gasteiger partial charge in [0.1, 0.15) is 5.84 Å². The lowest BCUT2D eigenvalue weighted by Gasteiger charge is -2.32. The molecule has 0 bridgehead atoms. The number of carbonyl (C=O) groups is 1. The molecule has 1 spiro atoms. The highest BCUT2D eigenvalue weighted by molar-refractivity contribution is 6.04. The summed E-state index contributed by atoms with van der Waals surface area (Å²) in [7, 11) is 1.67. The Bertz CT molecular complexity index is 664. The molecule has 6 nitrogen and oxygen atoms in total. The number of anilines is 1. The van der Waals surface area contributed by atoms with Gasteiger partial charge in [0, 0.05) is 32.4 Å². The van der Waals surface area contributed by atoms with Gasteiger partial charge in [0.05, 0.1) is 11.1 Å². The Kier molecular flexibility index (Phi) is 4.25. The van der Waals surface area contributed by atoms with Crippen molar-refractivity contribution in [2.24, 2.45) is 4.99 Å². The lowest BCUT2D eigenvalue weighted by molar-refractivity contribution is 0.208. The third-order valence-corrected chi connectivity index (χ3v) is 4.56. The number of aliphatic imine (C=N–C) groups is 1. The summed E-state index contributed by atoms with van der Waals surface area (Å²) in [6.45, 7) is 8.37. The number of amidine groups is 1. The van der Waals surface area contributed by atoms with E-state index in [0.29, 0.717) is 13.1 Å². The van der Waals surface area contributed by atoms with Crippen molar-refractivity contribution in [1.29, 1.82) is 0 Å². The lowest BCUT2D eigenvalue weighted by Crippen LogP contribution is -2.56. The van der Waals surface area contributed by atoms with Gasteiger partial charge in [0.15, 0.2) is 0 Å². The van der Waals surface area contributed by atoms with Crippen LogP contribution in [0.15, 0.2) is 29.3 Å². The first-order chi connectivity index (χ1) is 11.3. The van der Waals surface area contributed by atoms with Crippen LogP contribution < -0.4 is 16.0 Å². The van der Waals surface area contributed by atoms with E-state index >= 15 is 0 Å². The number of para-hydroxylation sites is 1. The Hall–Kier alpha value is -2.08. The maximum atomic E-state index is 12.1. The predicted octanol–water partition coefficient (Wildman–Crippen LogP) is 2.18. The monoisotopic (exact) mass is 329 g/mol. The van der Waals surface area contributed by atoms with Crippen LogP contribution in [0.2, 0.25) is 0 Å². The highest BCUT2D eigenvalue weighted by atomic mass is 16.2. The van der Waals surface area contributed by atoms with Gasteiger partial charge >= 0.3 is 6.03 Å². The number of nitrogens with zero attached hydrogens (tertiary/aromatic N) is 2. The molecule has 0 aliphatic carbocycles. The highest BCUT2D eigenvalue weighted by Gasteiger charge is 2.45. The molecular formula is C18H27N5O. The van der Waals surface area contributed by atoms with Crippen molar-refractivity contribution in [3.8, 4) is 0 Å². The molecule has 2 heterocycles. The van der Waals surface area contributed by atoms with Gasteiger partial charge in [0.2, 0.25) is 0 Å². The molecule has 1 atom stereocenters. The molecule has 1 saturated heterocycles. The zero-order valence-electron chi connectivity index (χ0n) is 14.9. The van der Waals surface area contributed by atoms with Crippen LogP contribution in [0.4, 0.5) is 10.5 Å². The summed E-state index contributed by atoms with van der Waals surface area (Å²) in [4.78, 5) is 18.9. The fourth-order valence-electron chi connectivity index (χ4n) is 3.34. The minimum Gasteiger partial charge on any atom is -0.342 e. The average molecular weight is 329 g/mol. The number of nitrogens with one attached hydrogen (secondary N) is 3. The third kappa shape index (κ3) is 3.24. The van der Waals surface area contributed by atoms with Crippen molar-refractivity contribution in [2.75, 3.05) is 25.5 Å². The van der Waals surface area contributed by atoms with Crippen LogP contribution in [-0.2, 0) is 6.54 Å². The van der Waals surface area contributed by atoms with E-state index < -0.39 is 0 Å². The van der Waals surface area contributed by atoms with E-state index in [-0.39, 0.29) is 17.1 Å². The molecule has 1 aromatic rings. The second-order valence-corrected chi connectivity index (χ2v) is 7.58. The van der Waals surface area contributed by atoms with Crippen LogP contribution >= 0.6 is 0 Å². The molecule has 2 amide bonds. The van der Waals surface area contributed by atoms with Gasteiger partial charge in [0.25, 0.3) is 0 Å². The number of amides is 2. The number of fused-ring (bicyclic) bond motifs is 1. The number of carbonyl (C=O) groups excluding carboxylic acids is 1. The summed E-state index contributed by atoms with van der Waals surface area (Å²) >= 11 is 0. The van der Waals surface area contributed by atoms with Gasteiger partial charge < -0.3 is 15.5 Å². The molecule has 0 radical (unpaired) electrons. The largest absolute Gasteiger partial charge is 0.342 e. The Morgan fingerprint density at radius 2 is 2.08 bits per heavy atom. The van der Waals surface area contributed by atoms with Crippen LogP contribution in [0, 0.1) is 0 Å². The Morgan fingerprint density at radius 3 is 2.79 bits per heavy atom. The summed E-state index contributed by atoms with van der Waals surface area (Å²) in [5.74, 6) is 0.923. The van der Waals surface area contributed by atoms with Crippen LogP contribution in [-0.4, -0.2) is 48.0 Å². The summed E-state index contributed by atoms with van der Waals surface area (Å²) in [6.07, 6.45) is 0.844. The normalized spacial score (nSPS) is 25.3. The van der Waals surface area contributed by atoms with Gasteiger partial charge in [-0.1, -0.05) is 18.2 Å². The van der Waals surface area contributed by atoms with E-state index in [1.807, 2.05) is 17.0 Å². The van der Waals surface area contributed by atoms with Gasteiger partial charge in [-0.15, -0.1) is 0 Å². The molecule has 0 aromatic heterocycles. The molecule has 6 heteroatoms. The van der Waals surface area contributed by atoms with Crippen molar-refractivity contribution < 1.29 is 4.79 Å². The summed E-state index contributed by atoms with van der Waals surface area (Å²) < 4.78 is 0. The number of likely N-dealkylation sites (tertiary alicyclic amines) is 1. The third-order valence-electron chi connectivity index (χ3n) is 4.56. The SMILES string of the molecule is CNC(=O)N1CC[C@@]2(C1)NCc1ccccc1NC2=NC(C)(C)C. The van der Waals surface area contributed by atoms with Crippen LogP contribution in [0.1, 0.15) is 32.8 Å². The minimum atomic E-state index is -0.335. The number of benzene rings is 1. The molecule has 3 rings (SSSR count). The molecule has 1 aromatic carbocycles. The maximum Gasteiger partial charge on any atom is 0.317 e. The fraction of sp³-hybridized carbons (Fsp3) is 0.556. The first kappa shape index (κ1) is 16.8. The standard InChI is InChI=1S/C18H27N5O/c1-17(2,3)22-15-18(9-10-23(12-18)16(24)19-4)20-11-13-7-5-6-8-14(13)21-15/h5-8,20H,9-12H2,1-4H3,(H,19,24)(H,21,22)/t18-/m0/s1. The zero-order valence-corrected chi connectivity index (χ0v) is 14.9. The van der Waals surface area contributed by atoms with E-state index in [2.05, 4.69) is 48.9 Å². The van der Waals surface area contributed by atoms with Crippen LogP contribution in [0.25, 0.3) is 0 Å². The molecule has 0 unspecified atom stereocenters. The maximum absolute atomic E-state index is 12.1. The first-order valence-corrected chi connectivity index (χ1v) is 8.50. The average Bonchev–Trinajstić information content (AvgIpc) is 2.91. The molecule has 3 N–H and O–H groups in total. The van der Waals surface area contributed by atoms with Gasteiger partial charge in [-0.05, 0) is 38.8 Å². The second-order valence-electron chi connectivity index (χ2n) is 7.58. The van der Waals surface area contributed by atoms with E-state index in [0.717, 1.165) is 24.5 Å². The number of hydrogen-bond donors (Lipinski definition) is 3. The number of urea groups is 1. The quantitative estimate of drug-likeness (QED) is 0.683. The van der Waals surface area contributed by atoms with Crippen LogP contribution in [0.3, 0.4) is 0 Å². The highest BCUT2D eigenvalue weighted by Crippen LogP contribution is 2.30. The molecule has 24 heavy (non-hydrogen) atoms. The first-order valence-electron chi connectivity index (χ1n) is 8.50. The van der Waals surface area contributed by atoms with Crippen molar-refractivity contribution in [2.45, 2.75) is 44.8 Å². The Labute approximate surface area is 143 Å². The topological polar surface area (TPSA) is 68.8 Å². The fourth-order valence-corrected chi connectivity index (χ4v) is 3.34. The summed E-state index contributed by atoms with van der Waals surface area (Å²) in [5, 5.41) is 9.96. The van der Waals surface area contributed by atoms with Crippen molar-refractivity contribution in [3.05, 3.63) is 29.8 Å². The van der Waals surface area contributed by atoms with Gasteiger partial charge in [-0.3, -0.25) is 10.3 Å². The van der Waals surface area contributed by atoms with E-state index in [1.54, 1.807) is 7.05 Å². The summed E-state index contributed by atoms with van der Waals surface area (Å²) in [5.41, 5.74) is 1.77. The lowest BCUT2D eigenvalue weighted by atomic mass is 9.95. The van der Waals surface area contributed by atoms with E-state index in [9.17, 15) is 4.79 Å². The Morgan fingerprint density at radius 1 is 1.33 bits per heavy atom. The van der Waals surface area contributed by atoms with E-state index in [4.69, 9.17) is 4.99 Å². The Balaban J connectivity index is 1.98. The number of hydrogen-bond acceptors (Lipinski definition) is 3. The van der Waals surface area contributed by atoms with Crippen molar-refractivity contribution in [3.63, 3.8) is 0 Å². The smallest absolute Gasteiger partial charge is 0.317 e. The molecule has 2 aliphatic heterocycles. The number of rotatable bonds is 0. The molecule has 0 saturated carbocycles. The molecule has 2 aliphatic rings. The van der Waals surface area contributed by atoms with Crippen LogP contribution in [0.5, 0.6) is 0 Å². The van der Waals surface area contributed by atoms with Gasteiger partial charge in [-0.2, -0.15) is 0 Å². The van der Waals surface area contributed by atoms with Crippen molar-refractivity contribution >= 4 is 17.6 Å². The molecule has 130 valence electrons. The minimum absolute atomic E-state index is 0.0365. The summed E-state index contributed by atoms with van der Waals surface area (Å²) in [6, 6.07) is 8.25.